The lowest BCUT2D eigenvalue weighted by atomic mass is 10.1. The van der Waals surface area contributed by atoms with Gasteiger partial charge in [-0.2, -0.15) is 0 Å². The standard InChI is InChI=1S/C21H26ClN3O2/c1-14-5-6-15(2)19(11-14)24-7-9-25(10-8-24)21(26)23-18-12-16(3)17(22)13-20(18)27-4/h5-6,11-13H,7-10H2,1-4H3,(H,23,26). The van der Waals surface area contributed by atoms with Crippen LogP contribution in [0.25, 0.3) is 0 Å². The van der Waals surface area contributed by atoms with E-state index in [4.69, 9.17) is 16.3 Å². The van der Waals surface area contributed by atoms with Crippen LogP contribution in [0.2, 0.25) is 5.02 Å². The average molecular weight is 388 g/mol. The second kappa shape index (κ2) is 8.09. The first-order valence-electron chi connectivity index (χ1n) is 9.11. The van der Waals surface area contributed by atoms with Crippen LogP contribution in [-0.2, 0) is 0 Å². The van der Waals surface area contributed by atoms with Gasteiger partial charge in [-0.05, 0) is 49.6 Å². The van der Waals surface area contributed by atoms with Crippen molar-refractivity contribution in [3.63, 3.8) is 0 Å². The second-order valence-corrected chi connectivity index (χ2v) is 7.40. The summed E-state index contributed by atoms with van der Waals surface area (Å²) in [5, 5.41) is 3.58. The second-order valence-electron chi connectivity index (χ2n) is 7.00. The number of urea groups is 1. The van der Waals surface area contributed by atoms with E-state index in [1.165, 1.54) is 16.8 Å². The Labute approximate surface area is 165 Å². The van der Waals surface area contributed by atoms with Gasteiger partial charge in [-0.25, -0.2) is 4.79 Å². The van der Waals surface area contributed by atoms with Gasteiger partial charge in [0.2, 0.25) is 0 Å². The number of methoxy groups -OCH3 is 1. The Morgan fingerprint density at radius 3 is 2.41 bits per heavy atom. The maximum atomic E-state index is 12.7. The molecule has 0 aliphatic carbocycles. The van der Waals surface area contributed by atoms with Gasteiger partial charge in [0.1, 0.15) is 5.75 Å². The molecule has 0 saturated carbocycles. The molecule has 144 valence electrons. The van der Waals surface area contributed by atoms with Crippen LogP contribution in [-0.4, -0.2) is 44.2 Å². The van der Waals surface area contributed by atoms with Crippen molar-refractivity contribution < 1.29 is 9.53 Å². The molecule has 1 fully saturated rings. The summed E-state index contributed by atoms with van der Waals surface area (Å²) in [5.41, 5.74) is 5.31. The largest absolute Gasteiger partial charge is 0.495 e. The zero-order chi connectivity index (χ0) is 19.6. The summed E-state index contributed by atoms with van der Waals surface area (Å²) in [6.07, 6.45) is 0. The predicted octanol–water partition coefficient (Wildman–Crippen LogP) is 4.63. The highest BCUT2D eigenvalue weighted by Gasteiger charge is 2.23. The van der Waals surface area contributed by atoms with Gasteiger partial charge in [-0.15, -0.1) is 0 Å². The van der Waals surface area contributed by atoms with Crippen molar-refractivity contribution in [2.75, 3.05) is 43.5 Å². The lowest BCUT2D eigenvalue weighted by Gasteiger charge is -2.37. The molecule has 0 unspecified atom stereocenters. The van der Waals surface area contributed by atoms with Gasteiger partial charge in [0, 0.05) is 43.0 Å². The van der Waals surface area contributed by atoms with Crippen LogP contribution in [0, 0.1) is 20.8 Å². The van der Waals surface area contributed by atoms with Crippen molar-refractivity contribution in [3.8, 4) is 5.75 Å². The van der Waals surface area contributed by atoms with Crippen molar-refractivity contribution >= 4 is 29.0 Å². The Bertz CT molecular complexity index is 846. The molecular weight excluding hydrogens is 362 g/mol. The lowest BCUT2D eigenvalue weighted by molar-refractivity contribution is 0.208. The van der Waals surface area contributed by atoms with Crippen LogP contribution in [0.5, 0.6) is 5.75 Å². The number of amides is 2. The van der Waals surface area contributed by atoms with Gasteiger partial charge < -0.3 is 19.9 Å². The van der Waals surface area contributed by atoms with E-state index >= 15 is 0 Å². The minimum absolute atomic E-state index is 0.115. The zero-order valence-corrected chi connectivity index (χ0v) is 17.1. The summed E-state index contributed by atoms with van der Waals surface area (Å²) in [5.74, 6) is 0.563. The van der Waals surface area contributed by atoms with E-state index in [0.29, 0.717) is 29.5 Å². The average Bonchev–Trinajstić information content (AvgIpc) is 2.66. The summed E-state index contributed by atoms with van der Waals surface area (Å²) < 4.78 is 5.34. The SMILES string of the molecule is COc1cc(Cl)c(C)cc1NC(=O)N1CCN(c2cc(C)ccc2C)CC1. The third-order valence-corrected chi connectivity index (χ3v) is 5.40. The monoisotopic (exact) mass is 387 g/mol. The van der Waals surface area contributed by atoms with Crippen LogP contribution < -0.4 is 15.0 Å². The van der Waals surface area contributed by atoms with E-state index in [9.17, 15) is 4.79 Å². The summed E-state index contributed by atoms with van der Waals surface area (Å²) >= 11 is 6.14. The Kier molecular flexibility index (Phi) is 5.80. The highest BCUT2D eigenvalue weighted by molar-refractivity contribution is 6.31. The summed E-state index contributed by atoms with van der Waals surface area (Å²) in [6, 6.07) is 9.95. The van der Waals surface area contributed by atoms with E-state index in [0.717, 1.165) is 18.7 Å². The third kappa shape index (κ3) is 4.30. The molecule has 1 aliphatic heterocycles. The fourth-order valence-electron chi connectivity index (χ4n) is 3.33. The molecule has 1 heterocycles. The highest BCUT2D eigenvalue weighted by atomic mass is 35.5. The molecule has 3 rings (SSSR count). The van der Waals surface area contributed by atoms with E-state index in [1.807, 2.05) is 17.9 Å². The Morgan fingerprint density at radius 1 is 1.04 bits per heavy atom. The predicted molar refractivity (Wildman–Crippen MR) is 111 cm³/mol. The number of carbonyl (C=O) groups is 1. The van der Waals surface area contributed by atoms with Gasteiger partial charge in [0.15, 0.2) is 0 Å². The minimum atomic E-state index is -0.115. The summed E-state index contributed by atoms with van der Waals surface area (Å²) in [7, 11) is 1.57. The number of rotatable bonds is 3. The van der Waals surface area contributed by atoms with Gasteiger partial charge in [-0.1, -0.05) is 23.7 Å². The number of ether oxygens (including phenoxy) is 1. The Morgan fingerprint density at radius 2 is 1.74 bits per heavy atom. The molecule has 2 aromatic carbocycles. The molecule has 27 heavy (non-hydrogen) atoms. The van der Waals surface area contributed by atoms with Crippen molar-refractivity contribution in [2.45, 2.75) is 20.8 Å². The summed E-state index contributed by atoms with van der Waals surface area (Å²) in [4.78, 5) is 16.9. The van der Waals surface area contributed by atoms with Crippen LogP contribution in [0.1, 0.15) is 16.7 Å². The molecule has 0 spiro atoms. The van der Waals surface area contributed by atoms with E-state index in [2.05, 4.69) is 42.3 Å². The zero-order valence-electron chi connectivity index (χ0n) is 16.3. The topological polar surface area (TPSA) is 44.8 Å². The molecule has 6 heteroatoms. The fraction of sp³-hybridized carbons (Fsp3) is 0.381. The number of carbonyl (C=O) groups excluding carboxylic acids is 1. The first-order valence-corrected chi connectivity index (χ1v) is 9.49. The molecule has 0 aromatic heterocycles. The molecule has 2 amide bonds. The van der Waals surface area contributed by atoms with Crippen LogP contribution in [0.3, 0.4) is 0 Å². The normalized spacial score (nSPS) is 14.3. The Hall–Kier alpha value is -2.40. The van der Waals surface area contributed by atoms with Gasteiger partial charge in [-0.3, -0.25) is 0 Å². The molecule has 0 radical (unpaired) electrons. The number of halogens is 1. The van der Waals surface area contributed by atoms with Crippen molar-refractivity contribution in [1.29, 1.82) is 0 Å². The number of hydrogen-bond acceptors (Lipinski definition) is 3. The highest BCUT2D eigenvalue weighted by Crippen LogP contribution is 2.31. The number of anilines is 2. The summed E-state index contributed by atoms with van der Waals surface area (Å²) in [6.45, 7) is 9.11. The van der Waals surface area contributed by atoms with Crippen molar-refractivity contribution in [2.24, 2.45) is 0 Å². The molecule has 0 bridgehead atoms. The molecule has 0 atom stereocenters. The number of nitrogens with one attached hydrogen (secondary N) is 1. The van der Waals surface area contributed by atoms with Crippen LogP contribution in [0.4, 0.5) is 16.2 Å². The van der Waals surface area contributed by atoms with Crippen molar-refractivity contribution in [1.82, 2.24) is 4.90 Å². The molecule has 1 aliphatic rings. The van der Waals surface area contributed by atoms with Gasteiger partial charge >= 0.3 is 6.03 Å². The van der Waals surface area contributed by atoms with Gasteiger partial charge in [0.05, 0.1) is 12.8 Å². The fourth-order valence-corrected chi connectivity index (χ4v) is 3.49. The molecule has 1 saturated heterocycles. The van der Waals surface area contributed by atoms with E-state index < -0.39 is 0 Å². The number of piperazine rings is 1. The van der Waals surface area contributed by atoms with E-state index in [-0.39, 0.29) is 6.03 Å². The molecule has 1 N–H and O–H groups in total. The van der Waals surface area contributed by atoms with E-state index in [1.54, 1.807) is 13.2 Å². The third-order valence-electron chi connectivity index (χ3n) is 4.99. The number of nitrogens with zero attached hydrogens (tertiary/aromatic N) is 2. The lowest BCUT2D eigenvalue weighted by Crippen LogP contribution is -2.50. The number of benzene rings is 2. The first kappa shape index (κ1) is 19.4. The Balaban J connectivity index is 1.65. The maximum absolute atomic E-state index is 12.7. The van der Waals surface area contributed by atoms with Crippen LogP contribution >= 0.6 is 11.6 Å². The molecule has 5 nitrogen and oxygen atoms in total. The van der Waals surface area contributed by atoms with Crippen LogP contribution in [0.15, 0.2) is 30.3 Å². The minimum Gasteiger partial charge on any atom is -0.495 e. The van der Waals surface area contributed by atoms with Gasteiger partial charge in [0.25, 0.3) is 0 Å². The molecule has 2 aromatic rings. The number of hydrogen-bond donors (Lipinski definition) is 1. The number of aryl methyl sites for hydroxylation is 3. The quantitative estimate of drug-likeness (QED) is 0.835. The van der Waals surface area contributed by atoms with Crippen molar-refractivity contribution in [3.05, 3.63) is 52.0 Å². The first-order chi connectivity index (χ1) is 12.9. The smallest absolute Gasteiger partial charge is 0.322 e. The maximum Gasteiger partial charge on any atom is 0.322 e. The molecular formula is C21H26ClN3O2.